The molecule has 14 rings (SSSR count). The molecule has 0 atom stereocenters. The number of fused-ring (bicyclic) bond motifs is 4. The van der Waals surface area contributed by atoms with Gasteiger partial charge in [0.15, 0.2) is 0 Å². The third-order valence-electron chi connectivity index (χ3n) is 15.7. The van der Waals surface area contributed by atoms with Gasteiger partial charge < -0.3 is 4.90 Å². The molecule has 0 saturated heterocycles. The van der Waals surface area contributed by atoms with E-state index in [1.807, 2.05) is 0 Å². The van der Waals surface area contributed by atoms with Gasteiger partial charge in [-0.15, -0.1) is 0 Å². The largest absolute Gasteiger partial charge is 0.310 e. The maximum atomic E-state index is 2.65. The topological polar surface area (TPSA) is 3.24 Å². The van der Waals surface area contributed by atoms with Crippen LogP contribution in [-0.2, 0) is 5.41 Å². The molecule has 0 N–H and O–H groups in total. The summed E-state index contributed by atoms with van der Waals surface area (Å²) in [6.45, 7) is 0. The highest BCUT2D eigenvalue weighted by Gasteiger charge is 2.61. The molecule has 0 radical (unpaired) electrons. The maximum Gasteiger partial charge on any atom is 0.0540 e. The Morgan fingerprint density at radius 3 is 1.38 bits per heavy atom. The van der Waals surface area contributed by atoms with Gasteiger partial charge in [0.05, 0.1) is 5.69 Å². The molecule has 0 heterocycles. The second-order valence-electron chi connectivity index (χ2n) is 18.9. The Morgan fingerprint density at radius 2 is 0.810 bits per heavy atom. The lowest BCUT2D eigenvalue weighted by atomic mass is 9.43. The molecular formula is C62H49N. The van der Waals surface area contributed by atoms with Crippen molar-refractivity contribution in [2.75, 3.05) is 4.90 Å². The molecule has 0 aliphatic heterocycles. The van der Waals surface area contributed by atoms with Crippen LogP contribution < -0.4 is 4.90 Å². The van der Waals surface area contributed by atoms with Crippen molar-refractivity contribution in [2.24, 2.45) is 23.7 Å². The Balaban J connectivity index is 1.02. The van der Waals surface area contributed by atoms with Gasteiger partial charge in [0, 0.05) is 22.2 Å². The average Bonchev–Trinajstić information content (AvgIpc) is 3.65. The zero-order chi connectivity index (χ0) is 41.5. The lowest BCUT2D eigenvalue weighted by Crippen LogP contribution is -2.55. The van der Waals surface area contributed by atoms with Gasteiger partial charge in [0.25, 0.3) is 0 Å². The fourth-order valence-electron chi connectivity index (χ4n) is 13.3. The Labute approximate surface area is 371 Å². The van der Waals surface area contributed by atoms with E-state index in [1.165, 1.54) is 104 Å². The van der Waals surface area contributed by atoms with Crippen LogP contribution in [0, 0.1) is 23.7 Å². The molecule has 4 bridgehead atoms. The van der Waals surface area contributed by atoms with Crippen LogP contribution in [0.15, 0.2) is 212 Å². The van der Waals surface area contributed by atoms with Gasteiger partial charge in [-0.1, -0.05) is 170 Å². The van der Waals surface area contributed by atoms with Gasteiger partial charge in [-0.2, -0.15) is 0 Å². The summed E-state index contributed by atoms with van der Waals surface area (Å²) >= 11 is 0. The molecule has 9 aromatic carbocycles. The summed E-state index contributed by atoms with van der Waals surface area (Å²) in [5.74, 6) is 3.19. The molecule has 1 spiro atoms. The van der Waals surface area contributed by atoms with Gasteiger partial charge in [0.1, 0.15) is 0 Å². The number of anilines is 3. The highest BCUT2D eigenvalue weighted by Crippen LogP contribution is 2.70. The van der Waals surface area contributed by atoms with E-state index in [0.717, 1.165) is 23.2 Å². The van der Waals surface area contributed by atoms with E-state index in [-0.39, 0.29) is 5.41 Å². The predicted molar refractivity (Wildman–Crippen MR) is 264 cm³/mol. The van der Waals surface area contributed by atoms with Crippen molar-refractivity contribution in [3.8, 4) is 55.6 Å². The van der Waals surface area contributed by atoms with Crippen molar-refractivity contribution in [2.45, 2.75) is 37.5 Å². The van der Waals surface area contributed by atoms with Crippen LogP contribution in [0.1, 0.15) is 43.2 Å². The van der Waals surface area contributed by atoms with Crippen LogP contribution in [0.3, 0.4) is 0 Å². The fourth-order valence-corrected chi connectivity index (χ4v) is 13.3. The monoisotopic (exact) mass is 807 g/mol. The zero-order valence-electron chi connectivity index (χ0n) is 35.5. The minimum absolute atomic E-state index is 0.0727. The maximum absolute atomic E-state index is 2.65. The summed E-state index contributed by atoms with van der Waals surface area (Å²) in [4.78, 5) is 2.46. The molecule has 9 aromatic rings. The van der Waals surface area contributed by atoms with E-state index < -0.39 is 0 Å². The third kappa shape index (κ3) is 5.75. The minimum atomic E-state index is 0.0727. The summed E-state index contributed by atoms with van der Waals surface area (Å²) in [5.41, 5.74) is 19.8. The molecule has 63 heavy (non-hydrogen) atoms. The van der Waals surface area contributed by atoms with E-state index in [1.54, 1.807) is 11.1 Å². The summed E-state index contributed by atoms with van der Waals surface area (Å²) in [6.07, 6.45) is 6.95. The smallest absolute Gasteiger partial charge is 0.0540 e. The molecule has 5 aliphatic carbocycles. The first-order valence-corrected chi connectivity index (χ1v) is 23.2. The second kappa shape index (κ2) is 14.6. The van der Waals surface area contributed by atoms with E-state index >= 15 is 0 Å². The van der Waals surface area contributed by atoms with Crippen molar-refractivity contribution in [3.05, 3.63) is 223 Å². The van der Waals surface area contributed by atoms with Crippen LogP contribution in [-0.4, -0.2) is 0 Å². The van der Waals surface area contributed by atoms with Crippen molar-refractivity contribution >= 4 is 27.8 Å². The van der Waals surface area contributed by atoms with Gasteiger partial charge in [0.2, 0.25) is 0 Å². The Hall–Kier alpha value is -6.96. The second-order valence-corrected chi connectivity index (χ2v) is 18.9. The fraction of sp³-hybridized carbons (Fsp3) is 0.161. The molecule has 5 aliphatic rings. The third-order valence-corrected chi connectivity index (χ3v) is 15.7. The van der Waals surface area contributed by atoms with Crippen LogP contribution in [0.4, 0.5) is 17.1 Å². The quantitative estimate of drug-likeness (QED) is 0.155. The van der Waals surface area contributed by atoms with E-state index in [0.29, 0.717) is 11.8 Å². The summed E-state index contributed by atoms with van der Waals surface area (Å²) < 4.78 is 0. The number of hydrogen-bond donors (Lipinski definition) is 0. The summed E-state index contributed by atoms with van der Waals surface area (Å²) in [6, 6.07) is 79.5. The lowest BCUT2D eigenvalue weighted by molar-refractivity contribution is -0.0399. The Bertz CT molecular complexity index is 3040. The normalized spacial score (nSPS) is 21.4. The Kier molecular flexibility index (Phi) is 8.48. The SMILES string of the molecule is c1ccc(-c2ccc(N(c3ccc(-c4ccccc4)cc3)c3ccc(-c4cc(-c5ccccc5)cc5c4-c4ccccc4C54C5CC6CC(C5)CC4C6)c4ccccc34)cc2)cc1. The highest BCUT2D eigenvalue weighted by atomic mass is 15.1. The van der Waals surface area contributed by atoms with Crippen molar-refractivity contribution in [1.82, 2.24) is 0 Å². The zero-order valence-corrected chi connectivity index (χ0v) is 35.5. The highest BCUT2D eigenvalue weighted by molar-refractivity contribution is 6.09. The van der Waals surface area contributed by atoms with Crippen LogP contribution in [0.25, 0.3) is 66.4 Å². The molecule has 0 amide bonds. The molecule has 302 valence electrons. The lowest BCUT2D eigenvalue weighted by Gasteiger charge is -2.61. The number of rotatable bonds is 7. The van der Waals surface area contributed by atoms with Gasteiger partial charge in [-0.25, -0.2) is 0 Å². The first-order valence-electron chi connectivity index (χ1n) is 23.2. The van der Waals surface area contributed by atoms with Crippen molar-refractivity contribution in [3.63, 3.8) is 0 Å². The number of benzene rings is 9. The van der Waals surface area contributed by atoms with Gasteiger partial charge in [-0.05, 0) is 170 Å². The van der Waals surface area contributed by atoms with Crippen molar-refractivity contribution in [1.29, 1.82) is 0 Å². The van der Waals surface area contributed by atoms with Crippen LogP contribution in [0.5, 0.6) is 0 Å². The number of hydrogen-bond acceptors (Lipinski definition) is 1. The standard InChI is InChI=1S/C62H49N/c1-4-14-43(15-5-1)46-24-28-51(29-25-46)63(52-30-26-47(27-31-52)44-16-6-2-7-17-44)60-33-32-54(53-20-10-11-21-55(53)60)57-39-48(45-18-8-3-9-19-45)40-59-61(57)56-22-12-13-23-58(56)62(59)49-35-41-34-42(37-49)38-50(62)36-41/h1-33,39-42,49-50H,34-38H2. The molecular weight excluding hydrogens is 759 g/mol. The summed E-state index contributed by atoms with van der Waals surface area (Å²) in [5, 5.41) is 2.52. The van der Waals surface area contributed by atoms with Crippen molar-refractivity contribution < 1.29 is 0 Å². The van der Waals surface area contributed by atoms with Gasteiger partial charge >= 0.3 is 0 Å². The van der Waals surface area contributed by atoms with E-state index in [2.05, 4.69) is 217 Å². The first kappa shape index (κ1) is 36.7. The molecule has 4 saturated carbocycles. The van der Waals surface area contributed by atoms with E-state index in [9.17, 15) is 0 Å². The minimum Gasteiger partial charge on any atom is -0.310 e. The van der Waals surface area contributed by atoms with Crippen LogP contribution in [0.2, 0.25) is 0 Å². The molecule has 0 aromatic heterocycles. The molecule has 4 fully saturated rings. The van der Waals surface area contributed by atoms with Gasteiger partial charge in [-0.3, -0.25) is 0 Å². The molecule has 1 heteroatoms. The Morgan fingerprint density at radius 1 is 0.333 bits per heavy atom. The summed E-state index contributed by atoms with van der Waals surface area (Å²) in [7, 11) is 0. The average molecular weight is 808 g/mol. The molecule has 0 unspecified atom stereocenters. The first-order chi connectivity index (χ1) is 31.2. The van der Waals surface area contributed by atoms with Crippen LogP contribution >= 0.6 is 0 Å². The predicted octanol–water partition coefficient (Wildman–Crippen LogP) is 16.7. The van der Waals surface area contributed by atoms with E-state index in [4.69, 9.17) is 0 Å². The molecule has 1 nitrogen and oxygen atoms in total. The number of nitrogens with zero attached hydrogens (tertiary/aromatic N) is 1.